The number of nitro groups is 1. The van der Waals surface area contributed by atoms with Crippen molar-refractivity contribution in [3.05, 3.63) is 63.7 Å². The standard InChI is InChI=1S/C13H13FN2O3/c1-9(17)12-3-2-6-15(12)8-10-7-11(14)4-5-13(10)16(18)19/h2-7,9,17H,8H2,1H3. The number of nitrogens with zero attached hydrogens (tertiary/aromatic N) is 2. The van der Waals surface area contributed by atoms with E-state index in [1.54, 1.807) is 29.8 Å². The first-order valence-electron chi connectivity index (χ1n) is 5.75. The lowest BCUT2D eigenvalue weighted by molar-refractivity contribution is -0.385. The van der Waals surface area contributed by atoms with Gasteiger partial charge in [-0.05, 0) is 31.2 Å². The van der Waals surface area contributed by atoms with E-state index < -0.39 is 16.8 Å². The van der Waals surface area contributed by atoms with E-state index in [1.165, 1.54) is 0 Å². The Morgan fingerprint density at radius 1 is 1.47 bits per heavy atom. The molecule has 1 heterocycles. The minimum absolute atomic E-state index is 0.133. The number of benzene rings is 1. The lowest BCUT2D eigenvalue weighted by Crippen LogP contribution is -2.08. The summed E-state index contributed by atoms with van der Waals surface area (Å²) >= 11 is 0. The molecule has 0 fully saturated rings. The number of hydrogen-bond acceptors (Lipinski definition) is 3. The zero-order valence-corrected chi connectivity index (χ0v) is 10.3. The molecule has 0 spiro atoms. The average molecular weight is 264 g/mol. The highest BCUT2D eigenvalue weighted by Crippen LogP contribution is 2.22. The van der Waals surface area contributed by atoms with Gasteiger partial charge in [0.25, 0.3) is 5.69 Å². The highest BCUT2D eigenvalue weighted by atomic mass is 19.1. The molecule has 1 N–H and O–H groups in total. The van der Waals surface area contributed by atoms with Gasteiger partial charge < -0.3 is 9.67 Å². The molecule has 1 aromatic heterocycles. The lowest BCUT2D eigenvalue weighted by Gasteiger charge is -2.11. The Bertz CT molecular complexity index is 608. The highest BCUT2D eigenvalue weighted by molar-refractivity contribution is 5.40. The molecule has 5 nitrogen and oxygen atoms in total. The van der Waals surface area contributed by atoms with Gasteiger partial charge in [0, 0.05) is 18.0 Å². The third-order valence-corrected chi connectivity index (χ3v) is 2.87. The second-order valence-corrected chi connectivity index (χ2v) is 4.27. The molecule has 2 rings (SSSR count). The quantitative estimate of drug-likeness (QED) is 0.681. The average Bonchev–Trinajstić information content (AvgIpc) is 2.76. The van der Waals surface area contributed by atoms with Crippen LogP contribution in [0.15, 0.2) is 36.5 Å². The number of hydrogen-bond donors (Lipinski definition) is 1. The van der Waals surface area contributed by atoms with E-state index in [1.807, 2.05) is 0 Å². The summed E-state index contributed by atoms with van der Waals surface area (Å²) in [7, 11) is 0. The molecule has 1 unspecified atom stereocenters. The maximum absolute atomic E-state index is 13.2. The molecule has 2 aromatic rings. The molecule has 0 amide bonds. The van der Waals surface area contributed by atoms with Crippen LogP contribution in [0.5, 0.6) is 0 Å². The first-order chi connectivity index (χ1) is 8.99. The van der Waals surface area contributed by atoms with Crippen molar-refractivity contribution in [2.45, 2.75) is 19.6 Å². The molecule has 1 aromatic carbocycles. The van der Waals surface area contributed by atoms with Crippen molar-refractivity contribution >= 4 is 5.69 Å². The van der Waals surface area contributed by atoms with E-state index in [-0.39, 0.29) is 17.8 Å². The Hall–Kier alpha value is -2.21. The summed E-state index contributed by atoms with van der Waals surface area (Å²) in [4.78, 5) is 10.4. The Morgan fingerprint density at radius 3 is 2.84 bits per heavy atom. The van der Waals surface area contributed by atoms with Crippen molar-refractivity contribution in [1.29, 1.82) is 0 Å². The number of rotatable bonds is 4. The van der Waals surface area contributed by atoms with Gasteiger partial charge in [0.05, 0.1) is 23.1 Å². The van der Waals surface area contributed by atoms with Gasteiger partial charge in [0.15, 0.2) is 0 Å². The molecule has 0 aliphatic heterocycles. The second kappa shape index (κ2) is 5.19. The Labute approximate surface area is 109 Å². The van der Waals surface area contributed by atoms with E-state index in [9.17, 15) is 19.6 Å². The normalized spacial score (nSPS) is 12.4. The summed E-state index contributed by atoms with van der Waals surface area (Å²) in [6, 6.07) is 6.80. The molecular weight excluding hydrogens is 251 g/mol. The second-order valence-electron chi connectivity index (χ2n) is 4.27. The monoisotopic (exact) mass is 264 g/mol. The van der Waals surface area contributed by atoms with Crippen LogP contribution in [-0.2, 0) is 6.54 Å². The topological polar surface area (TPSA) is 68.3 Å². The third kappa shape index (κ3) is 2.79. The molecule has 19 heavy (non-hydrogen) atoms. The minimum Gasteiger partial charge on any atom is -0.387 e. The van der Waals surface area contributed by atoms with E-state index >= 15 is 0 Å². The van der Waals surface area contributed by atoms with E-state index in [4.69, 9.17) is 0 Å². The Morgan fingerprint density at radius 2 is 2.21 bits per heavy atom. The number of halogens is 1. The predicted octanol–water partition coefficient (Wildman–Crippen LogP) is 2.64. The summed E-state index contributed by atoms with van der Waals surface area (Å²) in [5.41, 5.74) is 0.758. The highest BCUT2D eigenvalue weighted by Gasteiger charge is 2.16. The van der Waals surface area contributed by atoms with Gasteiger partial charge in [-0.3, -0.25) is 10.1 Å². The largest absolute Gasteiger partial charge is 0.387 e. The Kier molecular flexibility index (Phi) is 3.62. The van der Waals surface area contributed by atoms with Crippen molar-refractivity contribution < 1.29 is 14.4 Å². The first kappa shape index (κ1) is 13.2. The Balaban J connectivity index is 2.40. The van der Waals surface area contributed by atoms with E-state index in [0.717, 1.165) is 18.2 Å². The number of aliphatic hydroxyl groups is 1. The summed E-state index contributed by atoms with van der Waals surface area (Å²) in [5, 5.41) is 20.5. The van der Waals surface area contributed by atoms with Crippen LogP contribution in [0.2, 0.25) is 0 Å². The van der Waals surface area contributed by atoms with Crippen LogP contribution in [0.25, 0.3) is 0 Å². The molecule has 6 heteroatoms. The fraction of sp³-hybridized carbons (Fsp3) is 0.231. The summed E-state index contributed by atoms with van der Waals surface area (Å²) in [6.45, 7) is 1.74. The summed E-state index contributed by atoms with van der Waals surface area (Å²) < 4.78 is 14.9. The number of nitro benzene ring substituents is 1. The molecule has 0 aliphatic carbocycles. The van der Waals surface area contributed by atoms with Crippen molar-refractivity contribution in [2.24, 2.45) is 0 Å². The first-order valence-corrected chi connectivity index (χ1v) is 5.75. The number of aliphatic hydroxyl groups excluding tert-OH is 1. The van der Waals surface area contributed by atoms with Crippen molar-refractivity contribution in [1.82, 2.24) is 4.57 Å². The maximum Gasteiger partial charge on any atom is 0.274 e. The van der Waals surface area contributed by atoms with Crippen LogP contribution in [0.1, 0.15) is 24.3 Å². The smallest absolute Gasteiger partial charge is 0.274 e. The van der Waals surface area contributed by atoms with Crippen molar-refractivity contribution in [2.75, 3.05) is 0 Å². The van der Waals surface area contributed by atoms with Gasteiger partial charge >= 0.3 is 0 Å². The summed E-state index contributed by atoms with van der Waals surface area (Å²) in [6.07, 6.45) is 0.999. The van der Waals surface area contributed by atoms with Crippen LogP contribution in [0.3, 0.4) is 0 Å². The summed E-state index contributed by atoms with van der Waals surface area (Å²) in [5.74, 6) is -0.522. The molecular formula is C13H13FN2O3. The van der Waals surface area contributed by atoms with Crippen LogP contribution in [0.4, 0.5) is 10.1 Å². The SMILES string of the molecule is CC(O)c1cccn1Cc1cc(F)ccc1[N+](=O)[O-]. The van der Waals surface area contributed by atoms with Crippen LogP contribution in [0, 0.1) is 15.9 Å². The predicted molar refractivity (Wildman–Crippen MR) is 67.2 cm³/mol. The molecule has 0 saturated heterocycles. The fourth-order valence-corrected chi connectivity index (χ4v) is 1.99. The molecule has 0 bridgehead atoms. The zero-order chi connectivity index (χ0) is 14.0. The molecule has 0 radical (unpaired) electrons. The third-order valence-electron chi connectivity index (χ3n) is 2.87. The minimum atomic E-state index is -0.692. The van der Waals surface area contributed by atoms with Crippen molar-refractivity contribution in [3.63, 3.8) is 0 Å². The molecule has 100 valence electrons. The molecule has 0 saturated carbocycles. The van der Waals surface area contributed by atoms with Gasteiger partial charge in [0.1, 0.15) is 5.82 Å². The van der Waals surface area contributed by atoms with Gasteiger partial charge in [-0.25, -0.2) is 4.39 Å². The van der Waals surface area contributed by atoms with Crippen LogP contribution in [-0.4, -0.2) is 14.6 Å². The van der Waals surface area contributed by atoms with E-state index in [2.05, 4.69) is 0 Å². The van der Waals surface area contributed by atoms with Gasteiger partial charge in [0.2, 0.25) is 0 Å². The van der Waals surface area contributed by atoms with E-state index in [0.29, 0.717) is 5.69 Å². The van der Waals surface area contributed by atoms with Gasteiger partial charge in [-0.2, -0.15) is 0 Å². The van der Waals surface area contributed by atoms with Crippen LogP contribution >= 0.6 is 0 Å². The lowest BCUT2D eigenvalue weighted by atomic mass is 10.1. The molecule has 1 atom stereocenters. The zero-order valence-electron chi connectivity index (χ0n) is 10.3. The van der Waals surface area contributed by atoms with Crippen molar-refractivity contribution in [3.8, 4) is 0 Å². The number of aromatic nitrogens is 1. The van der Waals surface area contributed by atoms with Gasteiger partial charge in [-0.1, -0.05) is 0 Å². The maximum atomic E-state index is 13.2. The van der Waals surface area contributed by atoms with Gasteiger partial charge in [-0.15, -0.1) is 0 Å². The van der Waals surface area contributed by atoms with Crippen LogP contribution < -0.4 is 0 Å². The molecule has 0 aliphatic rings. The fourth-order valence-electron chi connectivity index (χ4n) is 1.99.